The first-order valence-corrected chi connectivity index (χ1v) is 8.23. The minimum absolute atomic E-state index is 0.0984. The van der Waals surface area contributed by atoms with Crippen molar-refractivity contribution in [3.63, 3.8) is 0 Å². The van der Waals surface area contributed by atoms with Crippen LogP contribution in [0.25, 0.3) is 0 Å². The van der Waals surface area contributed by atoms with Crippen LogP contribution in [0.1, 0.15) is 35.2 Å². The molecule has 2 rings (SSSR count). The molecule has 0 aliphatic carbocycles. The number of rotatable bonds is 6. The van der Waals surface area contributed by atoms with Gasteiger partial charge in [-0.05, 0) is 30.2 Å². The second kappa shape index (κ2) is 8.33. The van der Waals surface area contributed by atoms with E-state index in [1.807, 2.05) is 37.3 Å². The van der Waals surface area contributed by atoms with Crippen molar-refractivity contribution in [1.82, 2.24) is 4.90 Å². The summed E-state index contributed by atoms with van der Waals surface area (Å²) >= 11 is 0. The third-order valence-electron chi connectivity index (χ3n) is 4.04. The minimum atomic E-state index is -0.242. The van der Waals surface area contributed by atoms with Gasteiger partial charge in [-0.3, -0.25) is 9.59 Å². The molecule has 0 saturated heterocycles. The van der Waals surface area contributed by atoms with Crippen molar-refractivity contribution < 1.29 is 14.3 Å². The normalized spacial score (nSPS) is 11.5. The van der Waals surface area contributed by atoms with Gasteiger partial charge in [-0.2, -0.15) is 0 Å². The first-order valence-electron chi connectivity index (χ1n) is 8.23. The zero-order valence-corrected chi connectivity index (χ0v) is 15.1. The van der Waals surface area contributed by atoms with E-state index in [1.165, 1.54) is 12.0 Å². The molecule has 25 heavy (non-hydrogen) atoms. The van der Waals surface area contributed by atoms with E-state index in [4.69, 9.17) is 4.74 Å². The van der Waals surface area contributed by atoms with Gasteiger partial charge in [0.15, 0.2) is 0 Å². The summed E-state index contributed by atoms with van der Waals surface area (Å²) in [5, 5.41) is 2.92. The van der Waals surface area contributed by atoms with Gasteiger partial charge < -0.3 is 15.0 Å². The van der Waals surface area contributed by atoms with Crippen LogP contribution in [0.5, 0.6) is 5.75 Å². The molecule has 2 aromatic rings. The molecule has 0 bridgehead atoms. The molecule has 0 aliphatic rings. The highest BCUT2D eigenvalue weighted by Crippen LogP contribution is 2.28. The lowest BCUT2D eigenvalue weighted by molar-refractivity contribution is -0.117. The number of benzene rings is 2. The molecule has 0 aliphatic heterocycles. The molecule has 0 aromatic heterocycles. The van der Waals surface area contributed by atoms with Crippen molar-refractivity contribution in [3.05, 3.63) is 59.7 Å². The Labute approximate surface area is 148 Å². The Kier molecular flexibility index (Phi) is 6.17. The highest BCUT2D eigenvalue weighted by atomic mass is 16.5. The second-order valence-electron chi connectivity index (χ2n) is 5.98. The number of hydrogen-bond acceptors (Lipinski definition) is 3. The third-order valence-corrected chi connectivity index (χ3v) is 4.04. The molecule has 5 heteroatoms. The highest BCUT2D eigenvalue weighted by Gasteiger charge is 2.20. The van der Waals surface area contributed by atoms with Crippen LogP contribution < -0.4 is 10.1 Å². The van der Waals surface area contributed by atoms with Crippen molar-refractivity contribution in [3.8, 4) is 5.75 Å². The van der Waals surface area contributed by atoms with Gasteiger partial charge in [0.05, 0.1) is 18.7 Å². The molecule has 0 radical (unpaired) electrons. The number of amides is 2. The first-order chi connectivity index (χ1) is 12.0. The molecule has 2 aromatic carbocycles. The summed E-state index contributed by atoms with van der Waals surface area (Å²) in [7, 11) is 4.90. The maximum absolute atomic E-state index is 12.7. The Morgan fingerprint density at radius 3 is 2.36 bits per heavy atom. The molecule has 1 N–H and O–H groups in total. The maximum Gasteiger partial charge on any atom is 0.253 e. The largest absolute Gasteiger partial charge is 0.495 e. The van der Waals surface area contributed by atoms with Gasteiger partial charge in [0.2, 0.25) is 5.91 Å². The molecule has 2 amide bonds. The Balaban J connectivity index is 2.24. The fourth-order valence-corrected chi connectivity index (χ4v) is 2.66. The molecular formula is C20H24N2O3. The molecule has 1 atom stereocenters. The Bertz CT molecular complexity index is 742. The lowest BCUT2D eigenvalue weighted by atomic mass is 9.95. The number of ether oxygens (including phenoxy) is 1. The summed E-state index contributed by atoms with van der Waals surface area (Å²) in [6.45, 7) is 1.98. The number of carbonyl (C=O) groups is 2. The molecule has 0 fully saturated rings. The number of hydrogen-bond donors (Lipinski definition) is 1. The van der Waals surface area contributed by atoms with Gasteiger partial charge in [-0.25, -0.2) is 0 Å². The zero-order valence-electron chi connectivity index (χ0n) is 15.1. The van der Waals surface area contributed by atoms with Gasteiger partial charge in [-0.1, -0.05) is 37.3 Å². The predicted molar refractivity (Wildman–Crippen MR) is 99.1 cm³/mol. The van der Waals surface area contributed by atoms with Gasteiger partial charge in [-0.15, -0.1) is 0 Å². The summed E-state index contributed by atoms with van der Waals surface area (Å²) in [4.78, 5) is 26.3. The topological polar surface area (TPSA) is 58.6 Å². The standard InChI is InChI=1S/C20H24N2O3/c1-5-16(14-9-7-6-8-10-14)19(23)21-17-12-11-15(13-18(17)25-4)20(24)22(2)3/h6-13,16H,5H2,1-4H3,(H,21,23)/t16-/m1/s1. The second-order valence-corrected chi connectivity index (χ2v) is 5.98. The van der Waals surface area contributed by atoms with Crippen LogP contribution in [0.4, 0.5) is 5.69 Å². The van der Waals surface area contributed by atoms with Gasteiger partial charge in [0, 0.05) is 19.7 Å². The van der Waals surface area contributed by atoms with Crippen LogP contribution in [0.2, 0.25) is 0 Å². The van der Waals surface area contributed by atoms with Crippen molar-refractivity contribution in [2.24, 2.45) is 0 Å². The Morgan fingerprint density at radius 1 is 1.12 bits per heavy atom. The summed E-state index contributed by atoms with van der Waals surface area (Å²) in [6, 6.07) is 14.7. The van der Waals surface area contributed by atoms with E-state index in [1.54, 1.807) is 32.3 Å². The molecule has 132 valence electrons. The van der Waals surface area contributed by atoms with Crippen LogP contribution in [-0.2, 0) is 4.79 Å². The summed E-state index contributed by atoms with van der Waals surface area (Å²) < 4.78 is 5.35. The van der Waals surface area contributed by atoms with E-state index in [0.717, 1.165) is 5.56 Å². The van der Waals surface area contributed by atoms with E-state index in [0.29, 0.717) is 23.4 Å². The maximum atomic E-state index is 12.7. The Hall–Kier alpha value is -2.82. The van der Waals surface area contributed by atoms with Crippen molar-refractivity contribution in [2.75, 3.05) is 26.5 Å². The zero-order chi connectivity index (χ0) is 18.4. The number of nitrogens with zero attached hydrogens (tertiary/aromatic N) is 1. The number of carbonyl (C=O) groups excluding carboxylic acids is 2. The number of anilines is 1. The minimum Gasteiger partial charge on any atom is -0.495 e. The van der Waals surface area contributed by atoms with Gasteiger partial charge in [0.25, 0.3) is 5.91 Å². The lowest BCUT2D eigenvalue weighted by Gasteiger charge is -2.18. The molecule has 0 spiro atoms. The van der Waals surface area contributed by atoms with E-state index < -0.39 is 0 Å². The van der Waals surface area contributed by atoms with Crippen LogP contribution in [0.15, 0.2) is 48.5 Å². The third kappa shape index (κ3) is 4.38. The van der Waals surface area contributed by atoms with Crippen molar-refractivity contribution in [1.29, 1.82) is 0 Å². The fourth-order valence-electron chi connectivity index (χ4n) is 2.66. The number of methoxy groups -OCH3 is 1. The van der Waals surface area contributed by atoms with E-state index >= 15 is 0 Å². The van der Waals surface area contributed by atoms with E-state index in [-0.39, 0.29) is 17.7 Å². The predicted octanol–water partition coefficient (Wildman–Crippen LogP) is 3.53. The Morgan fingerprint density at radius 2 is 1.80 bits per heavy atom. The average Bonchev–Trinajstić information content (AvgIpc) is 2.62. The molecule has 0 unspecified atom stereocenters. The first kappa shape index (κ1) is 18.5. The number of nitrogens with one attached hydrogen (secondary N) is 1. The van der Waals surface area contributed by atoms with Gasteiger partial charge >= 0.3 is 0 Å². The summed E-state index contributed by atoms with van der Waals surface area (Å²) in [5.74, 6) is 0.00328. The van der Waals surface area contributed by atoms with Crippen LogP contribution in [-0.4, -0.2) is 37.9 Å². The van der Waals surface area contributed by atoms with Crippen molar-refractivity contribution >= 4 is 17.5 Å². The quantitative estimate of drug-likeness (QED) is 0.875. The average molecular weight is 340 g/mol. The van der Waals surface area contributed by atoms with E-state index in [9.17, 15) is 9.59 Å². The fraction of sp³-hybridized carbons (Fsp3) is 0.300. The molecule has 0 heterocycles. The summed E-state index contributed by atoms with van der Waals surface area (Å²) in [6.07, 6.45) is 0.690. The van der Waals surface area contributed by atoms with Crippen molar-refractivity contribution in [2.45, 2.75) is 19.3 Å². The lowest BCUT2D eigenvalue weighted by Crippen LogP contribution is -2.23. The molecule has 5 nitrogen and oxygen atoms in total. The highest BCUT2D eigenvalue weighted by molar-refractivity contribution is 5.99. The monoisotopic (exact) mass is 340 g/mol. The van der Waals surface area contributed by atoms with Gasteiger partial charge in [0.1, 0.15) is 5.75 Å². The summed E-state index contributed by atoms with van der Waals surface area (Å²) in [5.41, 5.74) is 2.04. The molecular weight excluding hydrogens is 316 g/mol. The molecule has 0 saturated carbocycles. The van der Waals surface area contributed by atoms with Crippen LogP contribution in [0, 0.1) is 0 Å². The van der Waals surface area contributed by atoms with Crippen LogP contribution in [0.3, 0.4) is 0 Å². The SMILES string of the molecule is CC[C@@H](C(=O)Nc1ccc(C(=O)N(C)C)cc1OC)c1ccccc1. The van der Waals surface area contributed by atoms with Crippen LogP contribution >= 0.6 is 0 Å². The van der Waals surface area contributed by atoms with E-state index in [2.05, 4.69) is 5.32 Å². The smallest absolute Gasteiger partial charge is 0.253 e.